The Morgan fingerprint density at radius 2 is 1.81 bits per heavy atom. The lowest BCUT2D eigenvalue weighted by Crippen LogP contribution is -2.03. The summed E-state index contributed by atoms with van der Waals surface area (Å²) >= 11 is 0. The van der Waals surface area contributed by atoms with Crippen LogP contribution in [0.25, 0.3) is 0 Å². The molecule has 2 aromatic rings. The molecule has 1 N–H and O–H groups in total. The SMILES string of the molecule is CCCOc1ccccc1Oc1c(C)cccc1C(=O)O. The molecule has 0 saturated heterocycles. The molecule has 0 heterocycles. The van der Waals surface area contributed by atoms with Crippen LogP contribution in [0.5, 0.6) is 17.2 Å². The van der Waals surface area contributed by atoms with E-state index in [1.807, 2.05) is 38.1 Å². The first-order valence-corrected chi connectivity index (χ1v) is 6.86. The van der Waals surface area contributed by atoms with E-state index in [0.717, 1.165) is 12.0 Å². The molecule has 0 aliphatic heterocycles. The van der Waals surface area contributed by atoms with Gasteiger partial charge in [-0.25, -0.2) is 4.79 Å². The third kappa shape index (κ3) is 3.54. The molecule has 2 aromatic carbocycles. The predicted molar refractivity (Wildman–Crippen MR) is 80.4 cm³/mol. The summed E-state index contributed by atoms with van der Waals surface area (Å²) in [6.07, 6.45) is 0.888. The van der Waals surface area contributed by atoms with Crippen LogP contribution in [0.15, 0.2) is 42.5 Å². The van der Waals surface area contributed by atoms with Crippen molar-refractivity contribution >= 4 is 5.97 Å². The number of ether oxygens (including phenoxy) is 2. The molecule has 0 saturated carbocycles. The minimum Gasteiger partial charge on any atom is -0.490 e. The van der Waals surface area contributed by atoms with E-state index in [2.05, 4.69) is 0 Å². The molecular formula is C17H18O4. The van der Waals surface area contributed by atoms with Gasteiger partial charge in [0.25, 0.3) is 0 Å². The van der Waals surface area contributed by atoms with Crippen LogP contribution in [0, 0.1) is 6.92 Å². The molecule has 0 amide bonds. The molecule has 21 heavy (non-hydrogen) atoms. The van der Waals surface area contributed by atoms with Gasteiger partial charge < -0.3 is 14.6 Å². The van der Waals surface area contributed by atoms with Crippen LogP contribution in [-0.2, 0) is 0 Å². The van der Waals surface area contributed by atoms with Gasteiger partial charge in [-0.1, -0.05) is 31.2 Å². The third-order valence-electron chi connectivity index (χ3n) is 2.97. The molecule has 2 rings (SSSR count). The summed E-state index contributed by atoms with van der Waals surface area (Å²) in [7, 11) is 0. The molecule has 0 aliphatic rings. The van der Waals surface area contributed by atoms with Crippen LogP contribution in [0.2, 0.25) is 0 Å². The van der Waals surface area contributed by atoms with E-state index < -0.39 is 5.97 Å². The minimum atomic E-state index is -1.01. The first kappa shape index (κ1) is 14.9. The zero-order valence-corrected chi connectivity index (χ0v) is 12.1. The smallest absolute Gasteiger partial charge is 0.339 e. The zero-order valence-electron chi connectivity index (χ0n) is 12.1. The number of hydrogen-bond donors (Lipinski definition) is 1. The number of carbonyl (C=O) groups is 1. The second kappa shape index (κ2) is 6.79. The van der Waals surface area contributed by atoms with E-state index >= 15 is 0 Å². The Labute approximate surface area is 123 Å². The van der Waals surface area contributed by atoms with Crippen molar-refractivity contribution in [3.63, 3.8) is 0 Å². The number of aryl methyl sites for hydroxylation is 1. The fourth-order valence-corrected chi connectivity index (χ4v) is 1.93. The highest BCUT2D eigenvalue weighted by Crippen LogP contribution is 2.34. The van der Waals surface area contributed by atoms with Crippen molar-refractivity contribution in [2.24, 2.45) is 0 Å². The average molecular weight is 286 g/mol. The maximum Gasteiger partial charge on any atom is 0.339 e. The summed E-state index contributed by atoms with van der Waals surface area (Å²) < 4.78 is 11.5. The van der Waals surface area contributed by atoms with Crippen molar-refractivity contribution in [1.29, 1.82) is 0 Å². The van der Waals surface area contributed by atoms with Crippen LogP contribution < -0.4 is 9.47 Å². The summed E-state index contributed by atoms with van der Waals surface area (Å²) in [6.45, 7) is 4.42. The van der Waals surface area contributed by atoms with Gasteiger partial charge in [0.15, 0.2) is 11.5 Å². The van der Waals surface area contributed by atoms with E-state index in [4.69, 9.17) is 9.47 Å². The van der Waals surface area contributed by atoms with E-state index in [-0.39, 0.29) is 5.56 Å². The van der Waals surface area contributed by atoms with E-state index in [1.54, 1.807) is 12.1 Å². The minimum absolute atomic E-state index is 0.139. The van der Waals surface area contributed by atoms with Crippen LogP contribution in [0.4, 0.5) is 0 Å². The highest BCUT2D eigenvalue weighted by molar-refractivity contribution is 5.91. The van der Waals surface area contributed by atoms with Gasteiger partial charge >= 0.3 is 5.97 Å². The lowest BCUT2D eigenvalue weighted by atomic mass is 10.1. The molecule has 110 valence electrons. The Bertz CT molecular complexity index is 634. The van der Waals surface area contributed by atoms with Crippen molar-refractivity contribution in [1.82, 2.24) is 0 Å². The molecule has 0 atom stereocenters. The number of hydrogen-bond acceptors (Lipinski definition) is 3. The Balaban J connectivity index is 2.37. The molecule has 0 bridgehead atoms. The van der Waals surface area contributed by atoms with Crippen molar-refractivity contribution in [3.05, 3.63) is 53.6 Å². The first-order valence-electron chi connectivity index (χ1n) is 6.86. The van der Waals surface area contributed by atoms with Crippen LogP contribution in [0.3, 0.4) is 0 Å². The molecule has 0 aromatic heterocycles. The fourth-order valence-electron chi connectivity index (χ4n) is 1.93. The first-order chi connectivity index (χ1) is 10.1. The molecular weight excluding hydrogens is 268 g/mol. The predicted octanol–water partition coefficient (Wildman–Crippen LogP) is 4.27. The highest BCUT2D eigenvalue weighted by atomic mass is 16.5. The van der Waals surface area contributed by atoms with Gasteiger partial charge in [-0.3, -0.25) is 0 Å². The van der Waals surface area contributed by atoms with Crippen molar-refractivity contribution in [2.75, 3.05) is 6.61 Å². The average Bonchev–Trinajstić information content (AvgIpc) is 2.48. The molecule has 0 aliphatic carbocycles. The summed E-state index contributed by atoms with van der Waals surface area (Å²) in [5.74, 6) is 0.458. The number of carboxylic acid groups (broad SMARTS) is 1. The largest absolute Gasteiger partial charge is 0.490 e. The normalized spacial score (nSPS) is 10.2. The lowest BCUT2D eigenvalue weighted by Gasteiger charge is -2.15. The van der Waals surface area contributed by atoms with Crippen LogP contribution in [-0.4, -0.2) is 17.7 Å². The van der Waals surface area contributed by atoms with Gasteiger partial charge in [0, 0.05) is 0 Å². The van der Waals surface area contributed by atoms with Gasteiger partial charge in [-0.2, -0.15) is 0 Å². The lowest BCUT2D eigenvalue weighted by molar-refractivity contribution is 0.0694. The number of aromatic carboxylic acids is 1. The molecule has 4 nitrogen and oxygen atoms in total. The maximum absolute atomic E-state index is 11.3. The molecule has 0 radical (unpaired) electrons. The number of benzene rings is 2. The Hall–Kier alpha value is -2.49. The van der Waals surface area contributed by atoms with Gasteiger partial charge in [0.1, 0.15) is 11.3 Å². The summed E-state index contributed by atoms with van der Waals surface area (Å²) in [5.41, 5.74) is 0.903. The monoisotopic (exact) mass is 286 g/mol. The topological polar surface area (TPSA) is 55.8 Å². The second-order valence-electron chi connectivity index (χ2n) is 4.65. The number of rotatable bonds is 6. The van der Waals surface area contributed by atoms with Gasteiger partial charge in [-0.05, 0) is 37.1 Å². The van der Waals surface area contributed by atoms with Gasteiger partial charge in [0.05, 0.1) is 6.61 Å². The maximum atomic E-state index is 11.3. The fraction of sp³-hybridized carbons (Fsp3) is 0.235. The third-order valence-corrected chi connectivity index (χ3v) is 2.97. The standard InChI is InChI=1S/C17H18O4/c1-3-11-20-14-9-4-5-10-15(14)21-16-12(2)7-6-8-13(16)17(18)19/h4-10H,3,11H2,1-2H3,(H,18,19). The van der Waals surface area contributed by atoms with E-state index in [0.29, 0.717) is 23.9 Å². The summed E-state index contributed by atoms with van der Waals surface area (Å²) in [4.78, 5) is 11.3. The van der Waals surface area contributed by atoms with E-state index in [1.165, 1.54) is 6.07 Å². The summed E-state index contributed by atoms with van der Waals surface area (Å²) in [6, 6.07) is 12.3. The highest BCUT2D eigenvalue weighted by Gasteiger charge is 2.15. The van der Waals surface area contributed by atoms with Crippen LogP contribution >= 0.6 is 0 Å². The Morgan fingerprint density at radius 3 is 2.48 bits per heavy atom. The van der Waals surface area contributed by atoms with Gasteiger partial charge in [0.2, 0.25) is 0 Å². The molecule has 0 spiro atoms. The van der Waals surface area contributed by atoms with Crippen molar-refractivity contribution in [3.8, 4) is 17.2 Å². The summed E-state index contributed by atoms with van der Waals surface area (Å²) in [5, 5.41) is 9.27. The number of carboxylic acids is 1. The van der Waals surface area contributed by atoms with Crippen molar-refractivity contribution < 1.29 is 19.4 Å². The van der Waals surface area contributed by atoms with Gasteiger partial charge in [-0.15, -0.1) is 0 Å². The molecule has 4 heteroatoms. The zero-order chi connectivity index (χ0) is 15.2. The van der Waals surface area contributed by atoms with Crippen molar-refractivity contribution in [2.45, 2.75) is 20.3 Å². The number of para-hydroxylation sites is 3. The van der Waals surface area contributed by atoms with Crippen LogP contribution in [0.1, 0.15) is 29.3 Å². The Morgan fingerprint density at radius 1 is 1.10 bits per heavy atom. The van der Waals surface area contributed by atoms with E-state index in [9.17, 15) is 9.90 Å². The Kier molecular flexibility index (Phi) is 4.82. The molecule has 0 fully saturated rings. The second-order valence-corrected chi connectivity index (χ2v) is 4.65. The quantitative estimate of drug-likeness (QED) is 0.861. The molecule has 0 unspecified atom stereocenters.